The van der Waals surface area contributed by atoms with Crippen LogP contribution in [-0.2, 0) is 27.1 Å². The van der Waals surface area contributed by atoms with Crippen molar-refractivity contribution in [3.05, 3.63) is 164 Å². The summed E-state index contributed by atoms with van der Waals surface area (Å²) >= 11 is 2.21. The van der Waals surface area contributed by atoms with E-state index in [4.69, 9.17) is 0 Å². The van der Waals surface area contributed by atoms with Gasteiger partial charge < -0.3 is 9.80 Å². The van der Waals surface area contributed by atoms with Crippen molar-refractivity contribution in [2.75, 3.05) is 9.80 Å². The zero-order valence-corrected chi connectivity index (χ0v) is 47.8. The van der Waals surface area contributed by atoms with Crippen molar-refractivity contribution in [1.29, 1.82) is 0 Å². The Morgan fingerprint density at radius 1 is 0.625 bits per heavy atom. The van der Waals surface area contributed by atoms with E-state index in [-0.39, 0.29) is 67.1 Å². The maximum absolute atomic E-state index is 4.02. The van der Waals surface area contributed by atoms with Gasteiger partial charge in [-0.05, 0) is 176 Å². The van der Waals surface area contributed by atoms with E-state index in [2.05, 4.69) is 242 Å². The molecule has 72 heavy (non-hydrogen) atoms. The summed E-state index contributed by atoms with van der Waals surface area (Å²) in [5, 5.41) is 0. The third-order valence-electron chi connectivity index (χ3n) is 20.0. The molecule has 3 aliphatic heterocycles. The molecule has 0 N–H and O–H groups in total. The van der Waals surface area contributed by atoms with Crippen molar-refractivity contribution in [1.82, 2.24) is 0 Å². The quantitative estimate of drug-likeness (QED) is 0.189. The minimum atomic E-state index is -0.177. The van der Waals surface area contributed by atoms with E-state index >= 15 is 0 Å². The minimum Gasteiger partial charge on any atom is -0.335 e. The number of hydrogen-bond donors (Lipinski definition) is 0. The monoisotopic (exact) mass is 969 g/mol. The van der Waals surface area contributed by atoms with Crippen LogP contribution in [0.5, 0.6) is 0 Å². The highest BCUT2D eigenvalue weighted by molar-refractivity contribution is 8.06. The maximum Gasteiger partial charge on any atom is 0.234 e. The molecule has 4 heteroatoms. The maximum atomic E-state index is 4.02. The molecular formula is C68H81BN2S. The lowest BCUT2D eigenvalue weighted by Gasteiger charge is -2.54. The molecule has 0 radical (unpaired) electrons. The Balaban J connectivity index is 1.19. The topological polar surface area (TPSA) is 6.48 Å². The highest BCUT2D eigenvalue weighted by atomic mass is 32.2. The van der Waals surface area contributed by atoms with Gasteiger partial charge in [-0.1, -0.05) is 176 Å². The molecule has 1 fully saturated rings. The molecule has 0 spiro atoms. The van der Waals surface area contributed by atoms with Gasteiger partial charge in [-0.3, -0.25) is 0 Å². The Hall–Kier alpha value is -4.59. The van der Waals surface area contributed by atoms with Crippen LogP contribution in [0.4, 0.5) is 17.1 Å². The molecule has 5 aliphatic carbocycles. The standard InChI is InChI=1S/C68H81BN2S/c1-41-33-56-58-57(34-41)71(54-26-23-43(61(2,3)4)35-45(54)42-21-19-18-20-22-42)59-51-37-48-52(67(15,16)32-31-64(48,9)10)40-68(51,17)72-60(59)69(58)53-38-49-50(66(13,14)30-29-65(49,11)12)39-55(53)70(56)44-24-25-46-47(36-44)63(7,8)28-27-62(46,5)6/h18-22,24-25,33-40,51,56,58H,27-32H2,1-17H3. The summed E-state index contributed by atoms with van der Waals surface area (Å²) in [5.41, 5.74) is 23.0. The average molecular weight is 969 g/mol. The van der Waals surface area contributed by atoms with E-state index in [1.54, 1.807) is 27.1 Å². The highest BCUT2D eigenvalue weighted by Gasteiger charge is 2.61. The summed E-state index contributed by atoms with van der Waals surface area (Å²) in [6, 6.07) is 34.8. The van der Waals surface area contributed by atoms with Crippen molar-refractivity contribution in [3.63, 3.8) is 0 Å². The van der Waals surface area contributed by atoms with Crippen LogP contribution in [0.25, 0.3) is 11.1 Å². The zero-order chi connectivity index (χ0) is 51.2. The zero-order valence-electron chi connectivity index (χ0n) is 47.0. The summed E-state index contributed by atoms with van der Waals surface area (Å²) in [6.07, 6.45) is 18.0. The van der Waals surface area contributed by atoms with E-state index in [0.717, 1.165) is 5.69 Å². The van der Waals surface area contributed by atoms with Gasteiger partial charge in [0.05, 0.1) is 6.04 Å². The lowest BCUT2D eigenvalue weighted by atomic mass is 9.30. The van der Waals surface area contributed by atoms with Crippen LogP contribution < -0.4 is 15.3 Å². The van der Waals surface area contributed by atoms with Crippen LogP contribution in [0, 0.1) is 28.9 Å². The Morgan fingerprint density at radius 2 is 1.21 bits per heavy atom. The Labute approximate surface area is 440 Å². The second-order valence-corrected chi connectivity index (χ2v) is 30.5. The number of fused-ring (bicyclic) bond motifs is 8. The summed E-state index contributed by atoms with van der Waals surface area (Å²) < 4.78 is -0.177. The third-order valence-corrected chi connectivity index (χ3v) is 21.5. The first-order valence-electron chi connectivity index (χ1n) is 27.8. The third kappa shape index (κ3) is 7.04. The van der Waals surface area contributed by atoms with Gasteiger partial charge in [0.2, 0.25) is 6.71 Å². The fraction of sp³-hybridized carbons (Fsp3) is 0.500. The van der Waals surface area contributed by atoms with Gasteiger partial charge in [-0.15, -0.1) is 11.8 Å². The van der Waals surface area contributed by atoms with Crippen LogP contribution in [0.15, 0.2) is 124 Å². The van der Waals surface area contributed by atoms with Gasteiger partial charge in [0.1, 0.15) is 5.69 Å². The SMILES string of the molecule is CC1=CC2C3B(C4=C(C5C=C6C(=CC5(C)S4)C(C)(C)CCC6(C)C)N(c4c#cc(C(C)(C)C)cc4-c4ccccc4)C3=C1)c1cc3c(cc1N2c1ccc2c(c1)C(C)(C)CCC2(C)C)C(C)(C)CCC3(C)C. The van der Waals surface area contributed by atoms with Crippen LogP contribution in [0.1, 0.15) is 184 Å². The molecule has 12 rings (SSSR count). The predicted octanol–water partition coefficient (Wildman–Crippen LogP) is 17.5. The number of anilines is 3. The second-order valence-electron chi connectivity index (χ2n) is 29.0. The number of thioether (sulfide) groups is 1. The Bertz CT molecular complexity index is 3160. The van der Waals surface area contributed by atoms with Gasteiger partial charge in [-0.25, -0.2) is 0 Å². The fourth-order valence-corrected chi connectivity index (χ4v) is 16.7. The Morgan fingerprint density at radius 3 is 1.85 bits per heavy atom. The molecule has 8 aliphatic rings. The minimum absolute atomic E-state index is 0.0668. The van der Waals surface area contributed by atoms with Gasteiger partial charge in [-0.2, -0.15) is 0 Å². The summed E-state index contributed by atoms with van der Waals surface area (Å²) in [6.45, 7) is 42.2. The van der Waals surface area contributed by atoms with Crippen molar-refractivity contribution < 1.29 is 0 Å². The molecule has 0 amide bonds. The smallest absolute Gasteiger partial charge is 0.234 e. The lowest BCUT2D eigenvalue weighted by Crippen LogP contribution is -2.59. The van der Waals surface area contributed by atoms with Crippen LogP contribution in [0.2, 0.25) is 5.82 Å². The van der Waals surface area contributed by atoms with Gasteiger partial charge in [0.25, 0.3) is 0 Å². The van der Waals surface area contributed by atoms with Crippen molar-refractivity contribution >= 4 is 41.0 Å². The molecule has 372 valence electrons. The van der Waals surface area contributed by atoms with Crippen LogP contribution in [-0.4, -0.2) is 17.5 Å². The molecule has 4 aromatic carbocycles. The van der Waals surface area contributed by atoms with E-state index in [1.165, 1.54) is 100 Å². The van der Waals surface area contributed by atoms with Gasteiger partial charge >= 0.3 is 0 Å². The first-order chi connectivity index (χ1) is 33.5. The summed E-state index contributed by atoms with van der Waals surface area (Å²) in [4.78, 5) is 7.19. The lowest BCUT2D eigenvalue weighted by molar-refractivity contribution is 0.253. The van der Waals surface area contributed by atoms with E-state index in [9.17, 15) is 0 Å². The molecule has 0 bridgehead atoms. The van der Waals surface area contributed by atoms with Crippen molar-refractivity contribution in [2.24, 2.45) is 16.7 Å². The molecule has 4 aromatic rings. The summed E-state index contributed by atoms with van der Waals surface area (Å²) in [5.74, 6) is 0.306. The molecule has 0 saturated heterocycles. The summed E-state index contributed by atoms with van der Waals surface area (Å²) in [7, 11) is 0. The van der Waals surface area contributed by atoms with Gasteiger partial charge in [0.15, 0.2) is 0 Å². The van der Waals surface area contributed by atoms with Crippen molar-refractivity contribution in [3.8, 4) is 11.1 Å². The number of benzene rings is 3. The number of hydrogen-bond acceptors (Lipinski definition) is 3. The number of allylic oxidation sites excluding steroid dienone is 5. The largest absolute Gasteiger partial charge is 0.335 e. The Kier molecular flexibility index (Phi) is 10.3. The fourth-order valence-electron chi connectivity index (χ4n) is 15.0. The molecule has 4 unspecified atom stereocenters. The molecule has 0 aromatic heterocycles. The molecular weight excluding hydrogens is 888 g/mol. The van der Waals surface area contributed by atoms with Crippen molar-refractivity contribution in [2.45, 2.75) is 200 Å². The normalized spacial score (nSPS) is 28.3. The van der Waals surface area contributed by atoms with E-state index in [1.807, 2.05) is 0 Å². The molecule has 1 saturated carbocycles. The van der Waals surface area contributed by atoms with Crippen LogP contribution in [0.3, 0.4) is 0 Å². The molecule has 2 nitrogen and oxygen atoms in total. The van der Waals surface area contributed by atoms with E-state index in [0.29, 0.717) is 0 Å². The molecule has 3 heterocycles. The number of rotatable bonds is 3. The average Bonchev–Trinajstić information content (AvgIpc) is 3.61. The van der Waals surface area contributed by atoms with Gasteiger partial charge in [0, 0.05) is 50.4 Å². The second kappa shape index (κ2) is 15.3. The molecule has 4 atom stereocenters. The number of nitrogens with zero attached hydrogens (tertiary/aromatic N) is 2. The van der Waals surface area contributed by atoms with Crippen LogP contribution >= 0.6 is 11.8 Å². The highest BCUT2D eigenvalue weighted by Crippen LogP contribution is 2.67. The predicted molar refractivity (Wildman–Crippen MR) is 311 cm³/mol. The van der Waals surface area contributed by atoms with E-state index < -0.39 is 0 Å². The first kappa shape index (κ1) is 48.4. The first-order valence-corrected chi connectivity index (χ1v) is 28.6.